The zero-order valence-electron chi connectivity index (χ0n) is 26.6. The molecule has 1 fully saturated rings. The number of Topliss-reactive ketones (excluding diaryl/α,β-unsaturated/α-hetero) is 1. The van der Waals surface area contributed by atoms with Gasteiger partial charge in [-0.1, -0.05) is 48.5 Å². The molecule has 2 aliphatic rings. The molecule has 0 radical (unpaired) electrons. The molecule has 6 atom stereocenters. The summed E-state index contributed by atoms with van der Waals surface area (Å²) >= 11 is 0. The van der Waals surface area contributed by atoms with Gasteiger partial charge in [-0.3, -0.25) is 24.0 Å². The lowest BCUT2D eigenvalue weighted by molar-refractivity contribution is -0.308. The normalized spacial score (nSPS) is 22.1. The summed E-state index contributed by atoms with van der Waals surface area (Å²) in [7, 11) is 0. The van der Waals surface area contributed by atoms with E-state index in [-0.39, 0.29) is 12.5 Å². The lowest BCUT2D eigenvalue weighted by Crippen LogP contribution is -2.63. The van der Waals surface area contributed by atoms with Crippen LogP contribution in [0.3, 0.4) is 0 Å². The molecule has 1 heterocycles. The Morgan fingerprint density at radius 1 is 0.681 bits per heavy atom. The van der Waals surface area contributed by atoms with E-state index in [2.05, 4.69) is 5.32 Å². The second kappa shape index (κ2) is 15.6. The summed E-state index contributed by atoms with van der Waals surface area (Å²) in [6.45, 7) is 4.71. The Morgan fingerprint density at radius 2 is 1.21 bits per heavy atom. The molecule has 2 unspecified atom stereocenters. The third kappa shape index (κ3) is 8.92. The monoisotopic (exact) mass is 655 g/mol. The summed E-state index contributed by atoms with van der Waals surface area (Å²) < 4.78 is 38.4. The average Bonchev–Trinajstić information content (AvgIpc) is 3.32. The van der Waals surface area contributed by atoms with Crippen molar-refractivity contribution in [3.8, 4) is 11.1 Å². The van der Waals surface area contributed by atoms with Crippen molar-refractivity contribution >= 4 is 35.8 Å². The predicted molar refractivity (Wildman–Crippen MR) is 161 cm³/mol. The fraction of sp³-hybridized carbons (Fsp3) is 0.455. The first-order valence-corrected chi connectivity index (χ1v) is 14.9. The second-order valence-corrected chi connectivity index (χ2v) is 11.0. The fourth-order valence-corrected chi connectivity index (χ4v) is 5.56. The van der Waals surface area contributed by atoms with Gasteiger partial charge in [0.15, 0.2) is 30.4 Å². The minimum absolute atomic E-state index is 0.00499. The Morgan fingerprint density at radius 3 is 1.74 bits per heavy atom. The molecule has 14 heteroatoms. The first kappa shape index (κ1) is 35.0. The van der Waals surface area contributed by atoms with Crippen molar-refractivity contribution in [2.45, 2.75) is 77.3 Å². The van der Waals surface area contributed by atoms with E-state index >= 15 is 0 Å². The van der Waals surface area contributed by atoms with Crippen molar-refractivity contribution in [2.75, 3.05) is 19.8 Å². The predicted octanol–water partition coefficient (Wildman–Crippen LogP) is 2.58. The fourth-order valence-electron chi connectivity index (χ4n) is 5.56. The van der Waals surface area contributed by atoms with Crippen LogP contribution in [-0.4, -0.2) is 92.3 Å². The Labute approximate surface area is 270 Å². The molecule has 0 saturated carbocycles. The van der Waals surface area contributed by atoms with Gasteiger partial charge in [0.05, 0.1) is 6.61 Å². The maximum atomic E-state index is 12.9. The molecule has 1 N–H and O–H groups in total. The summed E-state index contributed by atoms with van der Waals surface area (Å²) in [4.78, 5) is 73.1. The highest BCUT2D eigenvalue weighted by Gasteiger charge is 2.53. The van der Waals surface area contributed by atoms with E-state index in [1.165, 1.54) is 6.92 Å². The van der Waals surface area contributed by atoms with Gasteiger partial charge in [-0.25, -0.2) is 4.79 Å². The zero-order valence-corrected chi connectivity index (χ0v) is 26.6. The van der Waals surface area contributed by atoms with Gasteiger partial charge < -0.3 is 38.5 Å². The van der Waals surface area contributed by atoms with Crippen LogP contribution in [0.2, 0.25) is 0 Å². The number of hydrogen-bond acceptors (Lipinski definition) is 13. The number of fused-ring (bicyclic) bond motifs is 3. The van der Waals surface area contributed by atoms with Gasteiger partial charge in [-0.2, -0.15) is 0 Å². The van der Waals surface area contributed by atoms with E-state index in [0.29, 0.717) is 0 Å². The van der Waals surface area contributed by atoms with E-state index in [1.807, 2.05) is 48.5 Å². The third-order valence-electron chi connectivity index (χ3n) is 7.50. The molecule has 1 aliphatic heterocycles. The van der Waals surface area contributed by atoms with Crippen LogP contribution >= 0.6 is 0 Å². The molecule has 2 aromatic carbocycles. The Kier molecular flexibility index (Phi) is 11.7. The molecule has 252 valence electrons. The second-order valence-electron chi connectivity index (χ2n) is 11.0. The first-order chi connectivity index (χ1) is 22.3. The number of alkyl carbamates (subject to hydrolysis) is 1. The third-order valence-corrected chi connectivity index (χ3v) is 7.50. The quantitative estimate of drug-likeness (QED) is 0.261. The smallest absolute Gasteiger partial charge is 0.407 e. The summed E-state index contributed by atoms with van der Waals surface area (Å²) in [5.74, 6) is -3.79. The van der Waals surface area contributed by atoms with Crippen molar-refractivity contribution in [1.29, 1.82) is 0 Å². The van der Waals surface area contributed by atoms with Gasteiger partial charge in [0.1, 0.15) is 25.4 Å². The lowest BCUT2D eigenvalue weighted by Gasteiger charge is -2.44. The Hall–Kier alpha value is -4.82. The number of ketones is 1. The van der Waals surface area contributed by atoms with Crippen LogP contribution in [0.15, 0.2) is 48.5 Å². The molecule has 0 bridgehead atoms. The average molecular weight is 656 g/mol. The molecule has 2 aromatic rings. The number of benzene rings is 2. The highest BCUT2D eigenvalue weighted by molar-refractivity contribution is 5.85. The first-order valence-electron chi connectivity index (χ1n) is 14.9. The Bertz CT molecular complexity index is 1460. The Balaban J connectivity index is 1.48. The summed E-state index contributed by atoms with van der Waals surface area (Å²) in [5, 5.41) is 2.49. The van der Waals surface area contributed by atoms with Crippen molar-refractivity contribution < 1.29 is 61.9 Å². The molecule has 1 aliphatic carbocycles. The van der Waals surface area contributed by atoms with E-state index < -0.39 is 85.7 Å². The van der Waals surface area contributed by atoms with Crippen molar-refractivity contribution in [1.82, 2.24) is 5.32 Å². The van der Waals surface area contributed by atoms with E-state index in [9.17, 15) is 28.8 Å². The number of rotatable bonds is 12. The summed E-state index contributed by atoms with van der Waals surface area (Å²) in [6, 6.07) is 14.4. The van der Waals surface area contributed by atoms with Crippen LogP contribution in [0.5, 0.6) is 0 Å². The molecule has 14 nitrogen and oxygen atoms in total. The molecule has 0 aromatic heterocycles. The van der Waals surface area contributed by atoms with Crippen LogP contribution in [0, 0.1) is 0 Å². The molecule has 1 saturated heterocycles. The van der Waals surface area contributed by atoms with Crippen LogP contribution in [0.1, 0.15) is 51.7 Å². The van der Waals surface area contributed by atoms with Gasteiger partial charge >= 0.3 is 30.0 Å². The van der Waals surface area contributed by atoms with Gasteiger partial charge in [-0.05, 0) is 29.2 Å². The zero-order chi connectivity index (χ0) is 34.2. The largest absolute Gasteiger partial charge is 0.463 e. The number of nitrogens with one attached hydrogen (secondary N) is 1. The number of esters is 4. The van der Waals surface area contributed by atoms with Crippen LogP contribution in [-0.2, 0) is 57.1 Å². The van der Waals surface area contributed by atoms with Gasteiger partial charge in [0, 0.05) is 33.6 Å². The van der Waals surface area contributed by atoms with Gasteiger partial charge in [0.25, 0.3) is 0 Å². The van der Waals surface area contributed by atoms with Gasteiger partial charge in [0.2, 0.25) is 0 Å². The molecular formula is C33H37NO13. The molecule has 47 heavy (non-hydrogen) atoms. The maximum absolute atomic E-state index is 12.9. The van der Waals surface area contributed by atoms with Crippen molar-refractivity contribution in [3.63, 3.8) is 0 Å². The highest BCUT2D eigenvalue weighted by Crippen LogP contribution is 2.44. The molecule has 0 spiro atoms. The highest BCUT2D eigenvalue weighted by atomic mass is 16.7. The summed E-state index contributed by atoms with van der Waals surface area (Å²) in [6.07, 6.45) is -7.96. The minimum Gasteiger partial charge on any atom is -0.463 e. The van der Waals surface area contributed by atoms with Crippen LogP contribution in [0.4, 0.5) is 4.79 Å². The van der Waals surface area contributed by atoms with E-state index in [0.717, 1.165) is 49.9 Å². The topological polar surface area (TPSA) is 179 Å². The number of carbonyl (C=O) groups is 6. The standard InChI is InChI=1S/C33H37NO13/c1-17(35)27(34-33(40)43-14-26-24-12-8-6-10-22(24)23-11-7-9-13-25(23)26)15-42-32-31(46-21(5)39)30(45-20(4)38)29(44-19(3)37)28(47-32)16-41-18(2)36/h6-13,26-32H,14-16H2,1-5H3,(H,34,40)/t27-,28?,29+,30-,31?,32-/m0/s1. The SMILES string of the molecule is CC(=O)OCC1O[C@H](OC[C@H](NC(=O)OCC2c3ccccc3-c3ccccc32)C(C)=O)C(OC(C)=O)[C@@H](OC(C)=O)[C@@H]1OC(C)=O. The minimum atomic E-state index is -1.53. The van der Waals surface area contributed by atoms with Crippen LogP contribution in [0.25, 0.3) is 11.1 Å². The maximum Gasteiger partial charge on any atom is 0.407 e. The molecular weight excluding hydrogens is 618 g/mol. The number of hydrogen-bond donors (Lipinski definition) is 1. The summed E-state index contributed by atoms with van der Waals surface area (Å²) in [5.41, 5.74) is 4.13. The number of ether oxygens (including phenoxy) is 7. The molecule has 1 amide bonds. The van der Waals surface area contributed by atoms with E-state index in [1.54, 1.807) is 0 Å². The van der Waals surface area contributed by atoms with Crippen molar-refractivity contribution in [2.24, 2.45) is 0 Å². The number of amides is 1. The molecule has 4 rings (SSSR count). The van der Waals surface area contributed by atoms with Crippen LogP contribution < -0.4 is 5.32 Å². The number of carbonyl (C=O) groups excluding carboxylic acids is 6. The van der Waals surface area contributed by atoms with Crippen molar-refractivity contribution in [3.05, 3.63) is 59.7 Å². The van der Waals surface area contributed by atoms with E-state index in [4.69, 9.17) is 33.2 Å². The van der Waals surface area contributed by atoms with Gasteiger partial charge in [-0.15, -0.1) is 0 Å². The lowest BCUT2D eigenvalue weighted by atomic mass is 9.98.